The number of Topliss-reactive ketones (excluding diaryl/α,β-unsaturated/α-hetero) is 1. The maximum Gasteiger partial charge on any atom is 0.130 e. The number of hydrogen-bond donors (Lipinski definition) is 0. The van der Waals surface area contributed by atoms with Gasteiger partial charge in [0.05, 0.1) is 0 Å². The van der Waals surface area contributed by atoms with Crippen molar-refractivity contribution in [2.75, 3.05) is 13.7 Å². The van der Waals surface area contributed by atoms with Crippen LogP contribution >= 0.6 is 0 Å². The highest BCUT2D eigenvalue weighted by atomic mass is 16.5. The Morgan fingerprint density at radius 3 is 1.88 bits per heavy atom. The highest BCUT2D eigenvalue weighted by Crippen LogP contribution is 2.18. The first kappa shape index (κ1) is 29.6. The first-order chi connectivity index (χ1) is 12.6. The van der Waals surface area contributed by atoms with Crippen molar-refractivity contribution < 1.29 is 9.53 Å². The van der Waals surface area contributed by atoms with Gasteiger partial charge in [-0.25, -0.2) is 0 Å². The number of benzene rings is 1. The lowest BCUT2D eigenvalue weighted by Crippen LogP contribution is -1.99. The van der Waals surface area contributed by atoms with E-state index in [9.17, 15) is 4.79 Å². The van der Waals surface area contributed by atoms with Crippen molar-refractivity contribution in [1.82, 2.24) is 0 Å². The third-order valence-electron chi connectivity index (χ3n) is 3.66. The number of hydrogen-bond acceptors (Lipinski definition) is 2. The Balaban J connectivity index is -0.000000346. The Morgan fingerprint density at radius 1 is 0.923 bits per heavy atom. The van der Waals surface area contributed by atoms with Gasteiger partial charge in [0.25, 0.3) is 0 Å². The summed E-state index contributed by atoms with van der Waals surface area (Å²) in [5, 5.41) is 0. The van der Waals surface area contributed by atoms with Crippen LogP contribution in [0.25, 0.3) is 0 Å². The first-order valence-corrected chi connectivity index (χ1v) is 10.6. The summed E-state index contributed by atoms with van der Waals surface area (Å²) in [6.07, 6.45) is 8.74. The average Bonchev–Trinajstić information content (AvgIpc) is 2.68. The second-order valence-corrected chi connectivity index (χ2v) is 5.98. The smallest absolute Gasteiger partial charge is 0.130 e. The SMILES string of the molecule is CC.CC.CC(=O)CC(C)c1ccccc1.CCCCCCCCOC. The molecule has 0 N–H and O–H groups in total. The quantitative estimate of drug-likeness (QED) is 0.394. The molecule has 0 aliphatic carbocycles. The zero-order chi connectivity index (χ0) is 20.6. The van der Waals surface area contributed by atoms with E-state index >= 15 is 0 Å². The molecule has 2 nitrogen and oxygen atoms in total. The Hall–Kier alpha value is -1.15. The van der Waals surface area contributed by atoms with Crippen molar-refractivity contribution in [3.8, 4) is 0 Å². The molecule has 1 atom stereocenters. The van der Waals surface area contributed by atoms with E-state index in [1.54, 1.807) is 14.0 Å². The Morgan fingerprint density at radius 2 is 1.42 bits per heavy atom. The van der Waals surface area contributed by atoms with Crippen LogP contribution in [0.15, 0.2) is 30.3 Å². The molecule has 154 valence electrons. The van der Waals surface area contributed by atoms with Gasteiger partial charge >= 0.3 is 0 Å². The lowest BCUT2D eigenvalue weighted by Gasteiger charge is -2.08. The molecule has 0 radical (unpaired) electrons. The van der Waals surface area contributed by atoms with Crippen LogP contribution in [0.2, 0.25) is 0 Å². The Bertz CT molecular complexity index is 352. The van der Waals surface area contributed by atoms with E-state index in [0.717, 1.165) is 6.61 Å². The van der Waals surface area contributed by atoms with Crippen LogP contribution in [-0.2, 0) is 9.53 Å². The summed E-state index contributed by atoms with van der Waals surface area (Å²) < 4.78 is 4.95. The predicted molar refractivity (Wildman–Crippen MR) is 118 cm³/mol. The number of rotatable bonds is 10. The van der Waals surface area contributed by atoms with Crippen molar-refractivity contribution >= 4 is 5.78 Å². The van der Waals surface area contributed by atoms with Crippen molar-refractivity contribution in [2.45, 2.75) is 99.3 Å². The Labute approximate surface area is 164 Å². The molecule has 1 rings (SSSR count). The fourth-order valence-electron chi connectivity index (χ4n) is 2.36. The molecule has 1 unspecified atom stereocenters. The zero-order valence-electron chi connectivity index (χ0n) is 18.9. The molecule has 0 aliphatic rings. The summed E-state index contributed by atoms with van der Waals surface area (Å²) in [7, 11) is 1.77. The topological polar surface area (TPSA) is 26.3 Å². The summed E-state index contributed by atoms with van der Waals surface area (Å²) in [4.78, 5) is 10.8. The molecule has 0 heterocycles. The number of unbranched alkanes of at least 4 members (excludes halogenated alkanes) is 5. The van der Waals surface area contributed by atoms with Gasteiger partial charge in [-0.15, -0.1) is 0 Å². The lowest BCUT2D eigenvalue weighted by molar-refractivity contribution is -0.117. The van der Waals surface area contributed by atoms with Crippen molar-refractivity contribution in [3.05, 3.63) is 35.9 Å². The normalized spacial score (nSPS) is 10.2. The zero-order valence-corrected chi connectivity index (χ0v) is 18.9. The van der Waals surface area contributed by atoms with Crippen molar-refractivity contribution in [3.63, 3.8) is 0 Å². The van der Waals surface area contributed by atoms with Crippen LogP contribution in [0, 0.1) is 0 Å². The molecule has 0 saturated heterocycles. The molecular formula is C24H46O2. The van der Waals surface area contributed by atoms with E-state index in [-0.39, 0.29) is 5.78 Å². The average molecular weight is 367 g/mol. The number of ether oxygens (including phenoxy) is 1. The van der Waals surface area contributed by atoms with Crippen LogP contribution in [0.3, 0.4) is 0 Å². The lowest BCUT2D eigenvalue weighted by atomic mass is 9.96. The number of carbonyl (C=O) groups excluding carboxylic acids is 1. The van der Waals surface area contributed by atoms with Crippen LogP contribution in [0.4, 0.5) is 0 Å². The van der Waals surface area contributed by atoms with Crippen LogP contribution < -0.4 is 0 Å². The van der Waals surface area contributed by atoms with Gasteiger partial charge in [-0.05, 0) is 24.8 Å². The van der Waals surface area contributed by atoms with E-state index in [1.807, 2.05) is 45.9 Å². The molecule has 2 heteroatoms. The third kappa shape index (κ3) is 22.9. The van der Waals surface area contributed by atoms with Gasteiger partial charge in [-0.3, -0.25) is 0 Å². The number of carbonyl (C=O) groups is 1. The summed E-state index contributed by atoms with van der Waals surface area (Å²) in [6, 6.07) is 10.1. The highest BCUT2D eigenvalue weighted by molar-refractivity contribution is 5.76. The highest BCUT2D eigenvalue weighted by Gasteiger charge is 2.06. The maximum atomic E-state index is 10.8. The van der Waals surface area contributed by atoms with E-state index in [0.29, 0.717) is 12.3 Å². The molecule has 1 aromatic rings. The van der Waals surface area contributed by atoms with Crippen LogP contribution in [-0.4, -0.2) is 19.5 Å². The van der Waals surface area contributed by atoms with Gasteiger partial charge in [0, 0.05) is 20.1 Å². The molecule has 0 amide bonds. The van der Waals surface area contributed by atoms with E-state index in [2.05, 4.69) is 26.0 Å². The fraction of sp³-hybridized carbons (Fsp3) is 0.708. The van der Waals surface area contributed by atoms with E-state index < -0.39 is 0 Å². The summed E-state index contributed by atoms with van der Waals surface area (Å²) in [6.45, 7) is 14.9. The summed E-state index contributed by atoms with van der Waals surface area (Å²) in [5.41, 5.74) is 1.24. The van der Waals surface area contributed by atoms with Gasteiger partial charge in [0.1, 0.15) is 5.78 Å². The van der Waals surface area contributed by atoms with Gasteiger partial charge < -0.3 is 9.53 Å². The molecule has 0 spiro atoms. The molecular weight excluding hydrogens is 320 g/mol. The standard InChI is InChI=1S/C11H14O.C9H20O.2C2H6/c1-9(8-10(2)12)11-6-4-3-5-7-11;1-3-4-5-6-7-8-9-10-2;2*1-2/h3-7,9H,8H2,1-2H3;3-9H2,1-2H3;2*1-2H3. The summed E-state index contributed by atoms with van der Waals surface area (Å²) >= 11 is 0. The summed E-state index contributed by atoms with van der Waals surface area (Å²) in [5.74, 6) is 0.607. The fourth-order valence-corrected chi connectivity index (χ4v) is 2.36. The third-order valence-corrected chi connectivity index (χ3v) is 3.66. The minimum Gasteiger partial charge on any atom is -0.385 e. The largest absolute Gasteiger partial charge is 0.385 e. The molecule has 0 saturated carbocycles. The molecule has 0 bridgehead atoms. The second-order valence-electron chi connectivity index (χ2n) is 5.98. The minimum absolute atomic E-state index is 0.256. The van der Waals surface area contributed by atoms with Gasteiger partial charge in [0.15, 0.2) is 0 Å². The minimum atomic E-state index is 0.256. The monoisotopic (exact) mass is 366 g/mol. The first-order valence-electron chi connectivity index (χ1n) is 10.6. The molecule has 26 heavy (non-hydrogen) atoms. The van der Waals surface area contributed by atoms with Crippen molar-refractivity contribution in [1.29, 1.82) is 0 Å². The van der Waals surface area contributed by atoms with Gasteiger partial charge in [-0.2, -0.15) is 0 Å². The van der Waals surface area contributed by atoms with Gasteiger partial charge in [-0.1, -0.05) is 104 Å². The van der Waals surface area contributed by atoms with E-state index in [1.165, 1.54) is 44.1 Å². The Kier molecular flexibility index (Phi) is 29.7. The van der Waals surface area contributed by atoms with Crippen LogP contribution in [0.1, 0.15) is 105 Å². The predicted octanol–water partition coefficient (Wildman–Crippen LogP) is 7.81. The second kappa shape index (κ2) is 26.1. The molecule has 0 aliphatic heterocycles. The number of methoxy groups -OCH3 is 1. The van der Waals surface area contributed by atoms with E-state index in [4.69, 9.17) is 4.74 Å². The van der Waals surface area contributed by atoms with Crippen LogP contribution in [0.5, 0.6) is 0 Å². The van der Waals surface area contributed by atoms with Crippen molar-refractivity contribution in [2.24, 2.45) is 0 Å². The maximum absolute atomic E-state index is 10.8. The van der Waals surface area contributed by atoms with Gasteiger partial charge in [0.2, 0.25) is 0 Å². The molecule has 0 fully saturated rings. The molecule has 1 aromatic carbocycles. The number of ketones is 1. The molecule has 0 aromatic heterocycles.